The van der Waals surface area contributed by atoms with Crippen LogP contribution in [0.25, 0.3) is 0 Å². The number of benzene rings is 2. The molecule has 134 valence electrons. The number of rotatable bonds is 6. The molecule has 0 spiro atoms. The topological polar surface area (TPSA) is 66.5 Å². The Balaban J connectivity index is 1.99. The van der Waals surface area contributed by atoms with Crippen molar-refractivity contribution in [3.63, 3.8) is 0 Å². The molecule has 0 aliphatic heterocycles. The van der Waals surface area contributed by atoms with Gasteiger partial charge < -0.3 is 5.32 Å². The summed E-state index contributed by atoms with van der Waals surface area (Å²) in [4.78, 5) is 12.2. The Labute approximate surface area is 149 Å². The lowest BCUT2D eigenvalue weighted by Gasteiger charge is -2.17. The van der Waals surface area contributed by atoms with Crippen molar-refractivity contribution in [2.24, 2.45) is 0 Å². The molecule has 0 heterocycles. The molecule has 2 rings (SSSR count). The third-order valence-electron chi connectivity index (χ3n) is 4.20. The van der Waals surface area contributed by atoms with E-state index in [0.29, 0.717) is 24.2 Å². The number of nitrogens with zero attached hydrogens (tertiary/aromatic N) is 1. The number of hydrogen-bond donors (Lipinski definition) is 1. The van der Waals surface area contributed by atoms with Gasteiger partial charge in [-0.2, -0.15) is 0 Å². The molecule has 0 bridgehead atoms. The van der Waals surface area contributed by atoms with Gasteiger partial charge in [0, 0.05) is 19.2 Å². The fourth-order valence-electron chi connectivity index (χ4n) is 2.41. The molecule has 0 fully saturated rings. The van der Waals surface area contributed by atoms with Gasteiger partial charge in [0.2, 0.25) is 15.9 Å². The number of amides is 1. The highest BCUT2D eigenvalue weighted by Crippen LogP contribution is 2.20. The predicted molar refractivity (Wildman–Crippen MR) is 103 cm³/mol. The fraction of sp³-hybridized carbons (Fsp3) is 0.316. The number of carbonyl (C=O) groups is 1. The summed E-state index contributed by atoms with van der Waals surface area (Å²) in [6.45, 7) is 4.12. The second-order valence-electron chi connectivity index (χ2n) is 6.25. The second kappa shape index (κ2) is 7.70. The van der Waals surface area contributed by atoms with Crippen LogP contribution in [0.4, 0.5) is 11.4 Å². The van der Waals surface area contributed by atoms with Crippen LogP contribution in [0.1, 0.15) is 23.1 Å². The minimum absolute atomic E-state index is 0.0996. The summed E-state index contributed by atoms with van der Waals surface area (Å²) in [7, 11) is -1.85. The van der Waals surface area contributed by atoms with Gasteiger partial charge in [0.25, 0.3) is 0 Å². The van der Waals surface area contributed by atoms with Gasteiger partial charge in [-0.25, -0.2) is 8.42 Å². The highest BCUT2D eigenvalue weighted by Gasteiger charge is 2.12. The van der Waals surface area contributed by atoms with Crippen molar-refractivity contribution in [1.82, 2.24) is 0 Å². The first-order chi connectivity index (χ1) is 11.7. The molecular formula is C19H24N2O3S. The third kappa shape index (κ3) is 5.32. The molecule has 1 N–H and O–H groups in total. The average molecular weight is 360 g/mol. The second-order valence-corrected chi connectivity index (χ2v) is 8.26. The van der Waals surface area contributed by atoms with Crippen molar-refractivity contribution in [2.75, 3.05) is 22.9 Å². The summed E-state index contributed by atoms with van der Waals surface area (Å²) < 4.78 is 24.4. The van der Waals surface area contributed by atoms with Crippen molar-refractivity contribution in [1.29, 1.82) is 0 Å². The Morgan fingerprint density at radius 3 is 2.44 bits per heavy atom. The van der Waals surface area contributed by atoms with Crippen molar-refractivity contribution >= 4 is 27.3 Å². The smallest absolute Gasteiger partial charge is 0.231 e. The van der Waals surface area contributed by atoms with Gasteiger partial charge in [0.15, 0.2) is 0 Å². The standard InChI is InChI=1S/C19H24N2O3S/c1-14-8-9-16(12-15(14)2)10-11-19(22)20-17-6-5-7-18(13-17)21(3)25(4,23)24/h5-9,12-13H,10-11H2,1-4H3,(H,20,22). The zero-order chi connectivity index (χ0) is 18.6. The van der Waals surface area contributed by atoms with Gasteiger partial charge in [0.05, 0.1) is 11.9 Å². The minimum atomic E-state index is -3.33. The zero-order valence-electron chi connectivity index (χ0n) is 15.0. The van der Waals surface area contributed by atoms with Crippen LogP contribution in [-0.2, 0) is 21.2 Å². The van der Waals surface area contributed by atoms with Crippen LogP contribution in [0.5, 0.6) is 0 Å². The lowest BCUT2D eigenvalue weighted by atomic mass is 10.0. The fourth-order valence-corrected chi connectivity index (χ4v) is 2.91. The van der Waals surface area contributed by atoms with Gasteiger partial charge in [-0.15, -0.1) is 0 Å². The molecule has 0 aliphatic rings. The van der Waals surface area contributed by atoms with E-state index in [1.54, 1.807) is 24.3 Å². The molecular weight excluding hydrogens is 336 g/mol. The normalized spacial score (nSPS) is 11.2. The summed E-state index contributed by atoms with van der Waals surface area (Å²) >= 11 is 0. The summed E-state index contributed by atoms with van der Waals surface area (Å²) in [6.07, 6.45) is 2.17. The molecule has 0 radical (unpaired) electrons. The molecule has 0 saturated carbocycles. The molecule has 0 saturated heterocycles. The van der Waals surface area contributed by atoms with Gasteiger partial charge >= 0.3 is 0 Å². The molecule has 0 unspecified atom stereocenters. The van der Waals surface area contributed by atoms with Gasteiger partial charge in [0.1, 0.15) is 0 Å². The number of aryl methyl sites for hydroxylation is 3. The van der Waals surface area contributed by atoms with E-state index in [4.69, 9.17) is 0 Å². The summed E-state index contributed by atoms with van der Waals surface area (Å²) in [5, 5.41) is 2.82. The molecule has 25 heavy (non-hydrogen) atoms. The summed E-state index contributed by atoms with van der Waals surface area (Å²) in [5.41, 5.74) is 4.67. The van der Waals surface area contributed by atoms with E-state index in [0.717, 1.165) is 11.8 Å². The maximum atomic E-state index is 12.2. The third-order valence-corrected chi connectivity index (χ3v) is 5.41. The molecule has 1 amide bonds. The minimum Gasteiger partial charge on any atom is -0.326 e. The quantitative estimate of drug-likeness (QED) is 0.860. The number of nitrogens with one attached hydrogen (secondary N) is 1. The van der Waals surface area contributed by atoms with Crippen LogP contribution in [-0.4, -0.2) is 27.6 Å². The molecule has 0 aromatic heterocycles. The number of sulfonamides is 1. The molecule has 2 aromatic rings. The lowest BCUT2D eigenvalue weighted by molar-refractivity contribution is -0.116. The van der Waals surface area contributed by atoms with Gasteiger partial charge in [-0.05, 0) is 55.2 Å². The Morgan fingerprint density at radius 1 is 1.08 bits per heavy atom. The van der Waals surface area contributed by atoms with E-state index >= 15 is 0 Å². The monoisotopic (exact) mass is 360 g/mol. The van der Waals surface area contributed by atoms with Crippen molar-refractivity contribution in [2.45, 2.75) is 26.7 Å². The van der Waals surface area contributed by atoms with Crippen molar-refractivity contribution < 1.29 is 13.2 Å². The first-order valence-corrected chi connectivity index (χ1v) is 9.91. The van der Waals surface area contributed by atoms with E-state index in [1.807, 2.05) is 6.07 Å². The van der Waals surface area contributed by atoms with Gasteiger partial charge in [-0.3, -0.25) is 9.10 Å². The number of carbonyl (C=O) groups excluding carboxylic acids is 1. The van der Waals surface area contributed by atoms with E-state index in [-0.39, 0.29) is 5.91 Å². The number of hydrogen-bond acceptors (Lipinski definition) is 3. The first kappa shape index (κ1) is 19.0. The zero-order valence-corrected chi connectivity index (χ0v) is 15.9. The molecule has 6 heteroatoms. The Bertz CT molecular complexity index is 876. The van der Waals surface area contributed by atoms with Crippen LogP contribution in [0.2, 0.25) is 0 Å². The van der Waals surface area contributed by atoms with Crippen LogP contribution in [0.15, 0.2) is 42.5 Å². The first-order valence-electron chi connectivity index (χ1n) is 8.07. The highest BCUT2D eigenvalue weighted by molar-refractivity contribution is 7.92. The Kier molecular flexibility index (Phi) is 5.85. The summed E-state index contributed by atoms with van der Waals surface area (Å²) in [6, 6.07) is 13.0. The van der Waals surface area contributed by atoms with Crippen LogP contribution < -0.4 is 9.62 Å². The van der Waals surface area contributed by atoms with E-state index in [9.17, 15) is 13.2 Å². The molecule has 0 aliphatic carbocycles. The number of anilines is 2. The van der Waals surface area contributed by atoms with Crippen LogP contribution in [0, 0.1) is 13.8 Å². The average Bonchev–Trinajstić information content (AvgIpc) is 2.54. The Morgan fingerprint density at radius 2 is 1.80 bits per heavy atom. The van der Waals surface area contributed by atoms with Crippen LogP contribution >= 0.6 is 0 Å². The molecule has 5 nitrogen and oxygen atoms in total. The van der Waals surface area contributed by atoms with E-state index < -0.39 is 10.0 Å². The van der Waals surface area contributed by atoms with E-state index in [2.05, 4.69) is 31.3 Å². The largest absolute Gasteiger partial charge is 0.326 e. The lowest BCUT2D eigenvalue weighted by Crippen LogP contribution is -2.24. The Hall–Kier alpha value is -2.34. The SMILES string of the molecule is Cc1ccc(CCC(=O)Nc2cccc(N(C)S(C)(=O)=O)c2)cc1C. The summed E-state index contributed by atoms with van der Waals surface area (Å²) in [5.74, 6) is -0.0996. The molecule has 0 atom stereocenters. The predicted octanol–water partition coefficient (Wildman–Crippen LogP) is 3.27. The van der Waals surface area contributed by atoms with Crippen molar-refractivity contribution in [3.8, 4) is 0 Å². The van der Waals surface area contributed by atoms with Crippen LogP contribution in [0.3, 0.4) is 0 Å². The maximum absolute atomic E-state index is 12.2. The highest BCUT2D eigenvalue weighted by atomic mass is 32.2. The van der Waals surface area contributed by atoms with E-state index in [1.165, 1.54) is 22.5 Å². The maximum Gasteiger partial charge on any atom is 0.231 e. The molecule has 2 aromatic carbocycles. The van der Waals surface area contributed by atoms with Crippen molar-refractivity contribution in [3.05, 3.63) is 59.2 Å². The van der Waals surface area contributed by atoms with Gasteiger partial charge in [-0.1, -0.05) is 24.3 Å².